The number of esters is 1. The highest BCUT2D eigenvalue weighted by Gasteiger charge is 2.32. The van der Waals surface area contributed by atoms with Gasteiger partial charge in [-0.3, -0.25) is 0 Å². The Hall–Kier alpha value is -1.33. The molecule has 0 radical (unpaired) electrons. The first-order chi connectivity index (χ1) is 8.54. The Morgan fingerprint density at radius 1 is 1.56 bits per heavy atom. The molecule has 0 amide bonds. The van der Waals surface area contributed by atoms with Crippen LogP contribution in [0, 0.1) is 0 Å². The Morgan fingerprint density at radius 3 is 2.94 bits per heavy atom. The van der Waals surface area contributed by atoms with E-state index in [2.05, 4.69) is 15.9 Å². The summed E-state index contributed by atoms with van der Waals surface area (Å²) in [7, 11) is 0. The zero-order valence-corrected chi connectivity index (χ0v) is 11.7. The van der Waals surface area contributed by atoms with Crippen molar-refractivity contribution in [3.8, 4) is 5.75 Å². The van der Waals surface area contributed by atoms with Crippen molar-refractivity contribution in [2.24, 2.45) is 0 Å². The Morgan fingerprint density at radius 2 is 2.28 bits per heavy atom. The second kappa shape index (κ2) is 5.12. The molecule has 0 fully saturated rings. The summed E-state index contributed by atoms with van der Waals surface area (Å²) in [5, 5.41) is 10.3. The average molecular weight is 313 g/mol. The summed E-state index contributed by atoms with van der Waals surface area (Å²) in [6, 6.07) is 5.29. The van der Waals surface area contributed by atoms with Crippen molar-refractivity contribution in [1.82, 2.24) is 0 Å². The quantitative estimate of drug-likeness (QED) is 0.853. The zero-order chi connectivity index (χ0) is 13.3. The van der Waals surface area contributed by atoms with Crippen LogP contribution in [0.3, 0.4) is 0 Å². The van der Waals surface area contributed by atoms with Crippen LogP contribution in [-0.4, -0.2) is 17.7 Å². The average Bonchev–Trinajstić information content (AvgIpc) is 2.31. The predicted octanol–water partition coefficient (Wildman–Crippen LogP) is 2.71. The first-order valence-electron chi connectivity index (χ1n) is 5.57. The summed E-state index contributed by atoms with van der Waals surface area (Å²) in [5.74, 6) is 0.375. The number of benzene rings is 1. The number of ether oxygens (including phenoxy) is 2. The zero-order valence-electron chi connectivity index (χ0n) is 10.1. The van der Waals surface area contributed by atoms with Crippen molar-refractivity contribution in [2.45, 2.75) is 20.0 Å². The van der Waals surface area contributed by atoms with Gasteiger partial charge in [-0.05, 0) is 32.0 Å². The van der Waals surface area contributed by atoms with Gasteiger partial charge in [0, 0.05) is 10.0 Å². The molecule has 1 aliphatic heterocycles. The summed E-state index contributed by atoms with van der Waals surface area (Å²) in [4.78, 5) is 11.8. The van der Waals surface area contributed by atoms with Crippen molar-refractivity contribution >= 4 is 21.9 Å². The Labute approximate surface area is 113 Å². The third kappa shape index (κ3) is 2.28. The van der Waals surface area contributed by atoms with Crippen molar-refractivity contribution in [1.29, 1.82) is 0 Å². The second-order valence-corrected chi connectivity index (χ2v) is 4.79. The van der Waals surface area contributed by atoms with Gasteiger partial charge < -0.3 is 14.6 Å². The van der Waals surface area contributed by atoms with Crippen molar-refractivity contribution in [2.75, 3.05) is 6.61 Å². The van der Waals surface area contributed by atoms with Gasteiger partial charge in [0.15, 0.2) is 0 Å². The van der Waals surface area contributed by atoms with Crippen LogP contribution in [0.4, 0.5) is 0 Å². The van der Waals surface area contributed by atoms with E-state index in [-0.39, 0.29) is 12.2 Å². The van der Waals surface area contributed by atoms with Crippen LogP contribution in [0.1, 0.15) is 25.5 Å². The largest absolute Gasteiger partial charge is 0.462 e. The minimum absolute atomic E-state index is 0.155. The normalized spacial score (nSPS) is 18.1. The van der Waals surface area contributed by atoms with E-state index in [0.717, 1.165) is 4.47 Å². The number of carbonyl (C=O) groups is 1. The number of aliphatic hydroxyl groups is 1. The van der Waals surface area contributed by atoms with Gasteiger partial charge in [-0.15, -0.1) is 0 Å². The Kier molecular flexibility index (Phi) is 3.73. The van der Waals surface area contributed by atoms with E-state index in [1.54, 1.807) is 26.0 Å². The van der Waals surface area contributed by atoms with Crippen molar-refractivity contribution < 1.29 is 19.4 Å². The highest BCUT2D eigenvalue weighted by atomic mass is 79.9. The maximum atomic E-state index is 11.8. The summed E-state index contributed by atoms with van der Waals surface area (Å²) in [5.41, 5.74) is 0.709. The molecule has 1 aromatic rings. The third-order valence-corrected chi connectivity index (χ3v) is 3.17. The van der Waals surface area contributed by atoms with E-state index in [1.165, 1.54) is 0 Å². The smallest absolute Gasteiger partial charge is 0.340 e. The molecule has 4 nitrogen and oxygen atoms in total. The maximum Gasteiger partial charge on any atom is 0.340 e. The summed E-state index contributed by atoms with van der Waals surface area (Å²) in [6.07, 6.45) is -1.02. The lowest BCUT2D eigenvalue weighted by Crippen LogP contribution is -2.22. The summed E-state index contributed by atoms with van der Waals surface area (Å²) >= 11 is 3.32. The monoisotopic (exact) mass is 312 g/mol. The molecule has 1 heterocycles. The lowest BCUT2D eigenvalue weighted by Gasteiger charge is -2.25. The highest BCUT2D eigenvalue weighted by molar-refractivity contribution is 9.10. The predicted molar refractivity (Wildman–Crippen MR) is 69.1 cm³/mol. The first-order valence-corrected chi connectivity index (χ1v) is 6.37. The number of halogens is 1. The molecule has 1 aromatic carbocycles. The van der Waals surface area contributed by atoms with Crippen LogP contribution >= 0.6 is 15.9 Å². The molecular weight excluding hydrogens is 300 g/mol. The molecule has 0 aromatic heterocycles. The molecule has 1 N–H and O–H groups in total. The number of hydrogen-bond donors (Lipinski definition) is 1. The lowest BCUT2D eigenvalue weighted by atomic mass is 9.97. The van der Waals surface area contributed by atoms with Crippen molar-refractivity contribution in [3.63, 3.8) is 0 Å². The molecule has 0 spiro atoms. The van der Waals surface area contributed by atoms with Crippen LogP contribution in [0.5, 0.6) is 5.75 Å². The molecule has 1 atom stereocenters. The van der Waals surface area contributed by atoms with Crippen LogP contribution in [-0.2, 0) is 9.53 Å². The molecule has 0 saturated heterocycles. The number of hydrogen-bond acceptors (Lipinski definition) is 4. The Bertz CT molecular complexity index is 522. The minimum Gasteiger partial charge on any atom is -0.462 e. The topological polar surface area (TPSA) is 55.8 Å². The fourth-order valence-electron chi connectivity index (χ4n) is 1.86. The van der Waals surface area contributed by atoms with Gasteiger partial charge in [-0.25, -0.2) is 4.79 Å². The fourth-order valence-corrected chi connectivity index (χ4v) is 2.24. The molecule has 0 aliphatic carbocycles. The van der Waals surface area contributed by atoms with Crippen LogP contribution < -0.4 is 4.74 Å². The number of aliphatic hydroxyl groups excluding tert-OH is 1. The molecular formula is C13H13BrO4. The van der Waals surface area contributed by atoms with E-state index < -0.39 is 12.1 Å². The van der Waals surface area contributed by atoms with Crippen LogP contribution in [0.15, 0.2) is 34.0 Å². The number of rotatable bonds is 2. The number of carbonyl (C=O) groups excluding carboxylic acids is 1. The third-order valence-electron chi connectivity index (χ3n) is 2.68. The first kappa shape index (κ1) is 13.1. The molecule has 96 valence electrons. The maximum absolute atomic E-state index is 11.8. The van der Waals surface area contributed by atoms with E-state index in [4.69, 9.17) is 9.47 Å². The molecule has 0 bridgehead atoms. The molecule has 2 rings (SSSR count). The van der Waals surface area contributed by atoms with Gasteiger partial charge >= 0.3 is 5.97 Å². The molecule has 1 unspecified atom stereocenters. The lowest BCUT2D eigenvalue weighted by molar-refractivity contribution is -0.140. The van der Waals surface area contributed by atoms with E-state index in [0.29, 0.717) is 17.1 Å². The Balaban J connectivity index is 2.42. The number of allylic oxidation sites excluding steroid dienone is 1. The van der Waals surface area contributed by atoms with Gasteiger partial charge in [-0.2, -0.15) is 0 Å². The second-order valence-electron chi connectivity index (χ2n) is 3.88. The minimum atomic E-state index is -1.02. The molecule has 18 heavy (non-hydrogen) atoms. The van der Waals surface area contributed by atoms with Gasteiger partial charge in [0.1, 0.15) is 23.2 Å². The van der Waals surface area contributed by atoms with E-state index in [1.807, 2.05) is 6.07 Å². The van der Waals surface area contributed by atoms with E-state index >= 15 is 0 Å². The van der Waals surface area contributed by atoms with E-state index in [9.17, 15) is 9.90 Å². The molecule has 1 aliphatic rings. The van der Waals surface area contributed by atoms with Crippen LogP contribution in [0.2, 0.25) is 0 Å². The fraction of sp³-hybridized carbons (Fsp3) is 0.308. The molecule has 0 saturated carbocycles. The van der Waals surface area contributed by atoms with Gasteiger partial charge in [-0.1, -0.05) is 15.9 Å². The van der Waals surface area contributed by atoms with Crippen LogP contribution in [0.25, 0.3) is 0 Å². The van der Waals surface area contributed by atoms with Gasteiger partial charge in [0.2, 0.25) is 0 Å². The van der Waals surface area contributed by atoms with Crippen molar-refractivity contribution in [3.05, 3.63) is 39.6 Å². The highest BCUT2D eigenvalue weighted by Crippen LogP contribution is 2.39. The van der Waals surface area contributed by atoms with Gasteiger partial charge in [0.05, 0.1) is 6.61 Å². The van der Waals surface area contributed by atoms with Gasteiger partial charge in [0.25, 0.3) is 0 Å². The molecule has 5 heteroatoms. The summed E-state index contributed by atoms with van der Waals surface area (Å²) in [6.45, 7) is 3.61. The number of fused-ring (bicyclic) bond motifs is 1. The standard InChI is InChI=1S/C13H13BrO4/c1-3-17-13(16)11-7(2)18-10-5-4-8(14)6-9(10)12(11)15/h4-6,12,15H,3H2,1-2H3. The summed E-state index contributed by atoms with van der Waals surface area (Å²) < 4.78 is 11.3. The SMILES string of the molecule is CCOC(=O)C1=C(C)Oc2ccc(Br)cc2C1O.